The molecule has 0 radical (unpaired) electrons. The van der Waals surface area contributed by atoms with Gasteiger partial charge in [0.05, 0.1) is 0 Å². The van der Waals surface area contributed by atoms with Crippen molar-refractivity contribution in [1.29, 1.82) is 0 Å². The highest BCUT2D eigenvalue weighted by molar-refractivity contribution is 5.98. The summed E-state index contributed by atoms with van der Waals surface area (Å²) in [5.41, 5.74) is 0.744. The van der Waals surface area contributed by atoms with Crippen molar-refractivity contribution in [2.45, 2.75) is 102 Å². The molecule has 0 bridgehead atoms. The van der Waals surface area contributed by atoms with Gasteiger partial charge in [-0.1, -0.05) is 56.0 Å². The van der Waals surface area contributed by atoms with Crippen LogP contribution in [0.4, 0.5) is 0 Å². The molecule has 14 heteroatoms. The van der Waals surface area contributed by atoms with Crippen LogP contribution in [0.3, 0.4) is 0 Å². The smallest absolute Gasteiger partial charge is 0.328 e. The molecule has 0 saturated carbocycles. The molecule has 1 aromatic carbocycles. The predicted octanol–water partition coefficient (Wildman–Crippen LogP) is 0.610. The lowest BCUT2D eigenvalue weighted by Gasteiger charge is -2.36. The monoisotopic (exact) mass is 692 g/mol. The molecule has 1 aromatic rings. The van der Waals surface area contributed by atoms with Gasteiger partial charge in [0.2, 0.25) is 35.4 Å². The molecule has 7 unspecified atom stereocenters. The van der Waals surface area contributed by atoms with Crippen molar-refractivity contribution in [3.63, 3.8) is 0 Å². The Balaban J connectivity index is 1.71. The minimum Gasteiger partial charge on any atom is -0.461 e. The average molecular weight is 693 g/mol. The third-order valence-corrected chi connectivity index (χ3v) is 9.66. The van der Waals surface area contributed by atoms with Crippen molar-refractivity contribution in [3.05, 3.63) is 60.7 Å². The molecule has 14 nitrogen and oxygen atoms in total. The van der Waals surface area contributed by atoms with Gasteiger partial charge in [0.1, 0.15) is 42.9 Å². The summed E-state index contributed by atoms with van der Waals surface area (Å²) in [5, 5.41) is 8.05. The van der Waals surface area contributed by atoms with E-state index >= 15 is 0 Å². The van der Waals surface area contributed by atoms with Gasteiger partial charge in [0.25, 0.3) is 0 Å². The van der Waals surface area contributed by atoms with Gasteiger partial charge >= 0.3 is 5.97 Å². The van der Waals surface area contributed by atoms with Crippen LogP contribution in [0.1, 0.15) is 58.4 Å². The Kier molecular flexibility index (Phi) is 12.9. The molecule has 0 spiro atoms. The first-order chi connectivity index (χ1) is 23.9. The van der Waals surface area contributed by atoms with E-state index in [4.69, 9.17) is 4.74 Å². The molecule has 3 fully saturated rings. The number of ether oxygens (including phenoxy) is 1. The summed E-state index contributed by atoms with van der Waals surface area (Å²) >= 11 is 0. The van der Waals surface area contributed by atoms with Crippen molar-refractivity contribution in [2.75, 3.05) is 20.2 Å². The zero-order valence-corrected chi connectivity index (χ0v) is 29.1. The van der Waals surface area contributed by atoms with Gasteiger partial charge in [-0.15, -0.1) is 0 Å². The molecule has 0 aliphatic carbocycles. The van der Waals surface area contributed by atoms with Crippen LogP contribution >= 0.6 is 0 Å². The summed E-state index contributed by atoms with van der Waals surface area (Å²) in [6.07, 6.45) is 6.31. The average Bonchev–Trinajstić information content (AvgIpc) is 3.78. The Hall–Kier alpha value is -5.01. The van der Waals surface area contributed by atoms with E-state index in [9.17, 15) is 33.6 Å². The van der Waals surface area contributed by atoms with Crippen molar-refractivity contribution < 1.29 is 38.3 Å². The fraction of sp³-hybridized carbons (Fsp3) is 0.528. The number of carbonyl (C=O) groups is 7. The van der Waals surface area contributed by atoms with Crippen LogP contribution in [0, 0.1) is 0 Å². The standard InChI is InChI=1S/C36H48N6O8/c1-6-8-16-30(43)38-26(20-24-13-10-9-11-14-24)32(45)39-27-21-50-36(49)29-15-12-19-41(29)33(46)22(3)37-31(44)23(4)40(5)35(48)28-18-17-25(7-2)42(28)34(27)47/h6,8-11,13-14,16,22-23,25-29H,1,7,12,15,17-21H2,2-5H3,(H,37,44)(H,38,43)(H,39,45). The maximum absolute atomic E-state index is 14.5. The Labute approximate surface area is 292 Å². The second kappa shape index (κ2) is 17.1. The van der Waals surface area contributed by atoms with E-state index in [0.717, 1.165) is 5.56 Å². The fourth-order valence-corrected chi connectivity index (χ4v) is 6.70. The maximum Gasteiger partial charge on any atom is 0.328 e. The van der Waals surface area contributed by atoms with E-state index in [1.54, 1.807) is 24.3 Å². The molecule has 270 valence electrons. The second-order valence-electron chi connectivity index (χ2n) is 13.0. The fourth-order valence-electron chi connectivity index (χ4n) is 6.70. The summed E-state index contributed by atoms with van der Waals surface area (Å²) in [7, 11) is 1.47. The highest BCUT2D eigenvalue weighted by Gasteiger charge is 2.46. The Morgan fingerprint density at radius 1 is 1.02 bits per heavy atom. The molecule has 7 atom stereocenters. The highest BCUT2D eigenvalue weighted by atomic mass is 16.5. The molecule has 3 N–H and O–H groups in total. The summed E-state index contributed by atoms with van der Waals surface area (Å²) < 4.78 is 5.67. The number of fused-ring (bicyclic) bond motifs is 2. The lowest BCUT2D eigenvalue weighted by atomic mass is 10.0. The molecule has 6 amide bonds. The van der Waals surface area contributed by atoms with Gasteiger partial charge in [-0.05, 0) is 51.5 Å². The number of amides is 6. The molecular formula is C36H48N6O8. The van der Waals surface area contributed by atoms with E-state index < -0.39 is 84.3 Å². The summed E-state index contributed by atoms with van der Waals surface area (Å²) in [4.78, 5) is 99.2. The summed E-state index contributed by atoms with van der Waals surface area (Å²) in [6, 6.07) is 2.21. The molecule has 3 aliphatic heterocycles. The SMILES string of the molecule is C=CC=CC(=O)NC(Cc1ccccc1)C(=O)NC1COC(=O)C2CCCN2C(=O)C(C)NC(=O)C(C)N(C)C(=O)C2CCC(CC)N2C1=O. The number of rotatable bonds is 8. The number of benzene rings is 1. The molecule has 50 heavy (non-hydrogen) atoms. The van der Waals surface area contributed by atoms with E-state index in [1.165, 1.54) is 53.8 Å². The van der Waals surface area contributed by atoms with E-state index in [-0.39, 0.29) is 19.0 Å². The number of esters is 1. The Morgan fingerprint density at radius 3 is 2.42 bits per heavy atom. The first-order valence-corrected chi connectivity index (χ1v) is 17.2. The van der Waals surface area contributed by atoms with Crippen LogP contribution in [0.15, 0.2) is 55.1 Å². The number of allylic oxidation sites excluding steroid dienone is 2. The largest absolute Gasteiger partial charge is 0.461 e. The Morgan fingerprint density at radius 2 is 1.74 bits per heavy atom. The van der Waals surface area contributed by atoms with Gasteiger partial charge in [-0.2, -0.15) is 0 Å². The topological polar surface area (TPSA) is 175 Å². The van der Waals surface area contributed by atoms with Gasteiger partial charge < -0.3 is 35.4 Å². The number of cyclic esters (lactones) is 1. The van der Waals surface area contributed by atoms with Crippen LogP contribution in [0.25, 0.3) is 0 Å². The minimum absolute atomic E-state index is 0.0888. The van der Waals surface area contributed by atoms with Crippen molar-refractivity contribution >= 4 is 41.4 Å². The number of nitrogens with one attached hydrogen (secondary N) is 3. The second-order valence-corrected chi connectivity index (χ2v) is 13.0. The maximum atomic E-state index is 14.5. The van der Waals surface area contributed by atoms with Crippen molar-refractivity contribution in [1.82, 2.24) is 30.7 Å². The van der Waals surface area contributed by atoms with Crippen LogP contribution in [-0.4, -0.2) is 119 Å². The summed E-state index contributed by atoms with van der Waals surface area (Å²) in [5.74, 6) is -4.19. The molecule has 4 rings (SSSR count). The van der Waals surface area contributed by atoms with Crippen LogP contribution in [0.5, 0.6) is 0 Å². The molecular weight excluding hydrogens is 644 g/mol. The molecule has 0 aromatic heterocycles. The third-order valence-electron chi connectivity index (χ3n) is 9.66. The van der Waals surface area contributed by atoms with Crippen molar-refractivity contribution in [3.8, 4) is 0 Å². The number of hydrogen-bond donors (Lipinski definition) is 3. The highest BCUT2D eigenvalue weighted by Crippen LogP contribution is 2.29. The normalized spacial score (nSPS) is 27.4. The lowest BCUT2D eigenvalue weighted by Crippen LogP contribution is -2.61. The number of likely N-dealkylation sites (N-methyl/N-ethyl adjacent to an activating group) is 1. The van der Waals surface area contributed by atoms with E-state index in [2.05, 4.69) is 22.5 Å². The quantitative estimate of drug-likeness (QED) is 0.202. The summed E-state index contributed by atoms with van der Waals surface area (Å²) in [6.45, 7) is 8.19. The van der Waals surface area contributed by atoms with Crippen LogP contribution < -0.4 is 16.0 Å². The number of carbonyl (C=O) groups excluding carboxylic acids is 7. The third kappa shape index (κ3) is 8.77. The van der Waals surface area contributed by atoms with Crippen LogP contribution in [0.2, 0.25) is 0 Å². The van der Waals surface area contributed by atoms with Gasteiger partial charge in [0, 0.05) is 32.1 Å². The number of nitrogens with zero attached hydrogens (tertiary/aromatic N) is 3. The van der Waals surface area contributed by atoms with E-state index in [1.807, 2.05) is 13.0 Å². The first kappa shape index (κ1) is 37.8. The predicted molar refractivity (Wildman–Crippen MR) is 183 cm³/mol. The number of hydrogen-bond acceptors (Lipinski definition) is 8. The van der Waals surface area contributed by atoms with E-state index in [0.29, 0.717) is 32.1 Å². The Bertz CT molecular complexity index is 1500. The zero-order chi connectivity index (χ0) is 36.5. The van der Waals surface area contributed by atoms with Crippen molar-refractivity contribution in [2.24, 2.45) is 0 Å². The zero-order valence-electron chi connectivity index (χ0n) is 29.1. The molecule has 3 aliphatic rings. The molecule has 3 heterocycles. The lowest BCUT2D eigenvalue weighted by molar-refractivity contribution is -0.158. The van der Waals surface area contributed by atoms with Gasteiger partial charge in [-0.25, -0.2) is 4.79 Å². The van der Waals surface area contributed by atoms with Gasteiger partial charge in [-0.3, -0.25) is 28.8 Å². The minimum atomic E-state index is -1.43. The molecule has 3 saturated heterocycles. The van der Waals surface area contributed by atoms with Crippen LogP contribution in [-0.2, 0) is 44.7 Å². The van der Waals surface area contributed by atoms with Gasteiger partial charge in [0.15, 0.2) is 0 Å². The first-order valence-electron chi connectivity index (χ1n) is 17.2.